The number of carboxylic acids is 1. The summed E-state index contributed by atoms with van der Waals surface area (Å²) in [5, 5.41) is 21.2. The Morgan fingerprint density at radius 2 is 2.12 bits per heavy atom. The van der Waals surface area contributed by atoms with E-state index in [1.807, 2.05) is 0 Å². The van der Waals surface area contributed by atoms with Crippen molar-refractivity contribution in [1.29, 1.82) is 0 Å². The van der Waals surface area contributed by atoms with Gasteiger partial charge in [-0.1, -0.05) is 12.8 Å². The molecule has 0 bridgehead atoms. The summed E-state index contributed by atoms with van der Waals surface area (Å²) >= 11 is 0. The number of aromatic carboxylic acids is 1. The Morgan fingerprint density at radius 3 is 2.62 bits per heavy atom. The lowest BCUT2D eigenvalue weighted by Gasteiger charge is -2.27. The van der Waals surface area contributed by atoms with Crippen molar-refractivity contribution >= 4 is 11.9 Å². The molecule has 5 heteroatoms. The van der Waals surface area contributed by atoms with Crippen LogP contribution in [0.2, 0.25) is 0 Å². The summed E-state index contributed by atoms with van der Waals surface area (Å²) in [5.74, 6) is -0.764. The van der Waals surface area contributed by atoms with Gasteiger partial charge in [0.15, 0.2) is 5.88 Å². The predicted octanol–water partition coefficient (Wildman–Crippen LogP) is 1.69. The molecule has 1 aromatic rings. The van der Waals surface area contributed by atoms with Crippen molar-refractivity contribution in [2.75, 3.05) is 11.9 Å². The Kier molecular flexibility index (Phi) is 2.87. The van der Waals surface area contributed by atoms with Gasteiger partial charge in [-0.3, -0.25) is 0 Å². The monoisotopic (exact) mass is 225 g/mol. The minimum Gasteiger partial charge on any atom is -0.475 e. The third-order valence-corrected chi connectivity index (χ3v) is 3.07. The van der Waals surface area contributed by atoms with E-state index < -0.39 is 5.97 Å². The zero-order valence-corrected chi connectivity index (χ0v) is 8.90. The maximum absolute atomic E-state index is 10.6. The summed E-state index contributed by atoms with van der Waals surface area (Å²) in [6, 6.07) is 2.99. The van der Waals surface area contributed by atoms with Crippen molar-refractivity contribution in [2.24, 2.45) is 0 Å². The number of anilines is 1. The van der Waals surface area contributed by atoms with Gasteiger partial charge in [0.05, 0.1) is 12.1 Å². The van der Waals surface area contributed by atoms with E-state index >= 15 is 0 Å². The molecule has 1 aliphatic carbocycles. The van der Waals surface area contributed by atoms with Crippen LogP contribution < -0.4 is 5.32 Å². The molecule has 1 aromatic heterocycles. The average Bonchev–Trinajstić information content (AvgIpc) is 2.88. The molecule has 0 amide bonds. The van der Waals surface area contributed by atoms with Crippen LogP contribution in [-0.4, -0.2) is 28.3 Å². The van der Waals surface area contributed by atoms with Gasteiger partial charge >= 0.3 is 5.97 Å². The molecule has 3 N–H and O–H groups in total. The molecular formula is C11H15NO4. The molecule has 0 aromatic carbocycles. The SMILES string of the molecule is O=C(O)c1ccc(NC2(CO)CCCC2)o1. The molecule has 0 spiro atoms. The molecule has 0 saturated heterocycles. The highest BCUT2D eigenvalue weighted by molar-refractivity contribution is 5.84. The fourth-order valence-electron chi connectivity index (χ4n) is 2.16. The Morgan fingerprint density at radius 1 is 1.44 bits per heavy atom. The first-order chi connectivity index (χ1) is 7.65. The number of aliphatic hydroxyl groups excluding tert-OH is 1. The smallest absolute Gasteiger partial charge is 0.371 e. The number of rotatable bonds is 4. The van der Waals surface area contributed by atoms with Crippen LogP contribution in [0.1, 0.15) is 36.2 Å². The van der Waals surface area contributed by atoms with Crippen molar-refractivity contribution in [3.8, 4) is 0 Å². The largest absolute Gasteiger partial charge is 0.475 e. The van der Waals surface area contributed by atoms with Crippen molar-refractivity contribution in [3.05, 3.63) is 17.9 Å². The van der Waals surface area contributed by atoms with Crippen LogP contribution in [0.5, 0.6) is 0 Å². The normalized spacial score (nSPS) is 18.6. The topological polar surface area (TPSA) is 82.7 Å². The van der Waals surface area contributed by atoms with Crippen LogP contribution in [0.4, 0.5) is 5.88 Å². The number of carboxylic acid groups (broad SMARTS) is 1. The summed E-state index contributed by atoms with van der Waals surface area (Å²) in [5.41, 5.74) is -0.340. The third kappa shape index (κ3) is 2.04. The van der Waals surface area contributed by atoms with Gasteiger partial charge in [0.2, 0.25) is 5.76 Å². The van der Waals surface area contributed by atoms with E-state index in [0.29, 0.717) is 5.88 Å². The minimum atomic E-state index is -1.09. The molecule has 0 aliphatic heterocycles. The molecule has 1 aliphatic rings. The standard InChI is InChI=1S/C11H15NO4/c13-7-11(5-1-2-6-11)12-9-4-3-8(16-9)10(14)15/h3-4,12-13H,1-2,5-7H2,(H,14,15). The summed E-state index contributed by atoms with van der Waals surface area (Å²) in [4.78, 5) is 10.6. The number of furan rings is 1. The van der Waals surface area contributed by atoms with Crippen molar-refractivity contribution < 1.29 is 19.4 Å². The summed E-state index contributed by atoms with van der Waals surface area (Å²) in [6.07, 6.45) is 3.90. The highest BCUT2D eigenvalue weighted by Gasteiger charge is 2.33. The van der Waals surface area contributed by atoms with Crippen LogP contribution in [0.25, 0.3) is 0 Å². The van der Waals surface area contributed by atoms with Gasteiger partial charge in [-0.05, 0) is 18.9 Å². The van der Waals surface area contributed by atoms with Gasteiger partial charge in [0, 0.05) is 6.07 Å². The van der Waals surface area contributed by atoms with Gasteiger partial charge in [-0.25, -0.2) is 4.79 Å². The molecule has 0 radical (unpaired) electrons. The predicted molar refractivity (Wildman–Crippen MR) is 57.6 cm³/mol. The van der Waals surface area contributed by atoms with E-state index in [1.54, 1.807) is 6.07 Å². The van der Waals surface area contributed by atoms with Gasteiger partial charge < -0.3 is 19.9 Å². The number of nitrogens with one attached hydrogen (secondary N) is 1. The molecule has 88 valence electrons. The molecule has 5 nitrogen and oxygen atoms in total. The van der Waals surface area contributed by atoms with Gasteiger partial charge in [-0.2, -0.15) is 0 Å². The molecule has 16 heavy (non-hydrogen) atoms. The second kappa shape index (κ2) is 4.17. The zero-order chi connectivity index (χ0) is 11.6. The Bertz CT molecular complexity index is 379. The molecule has 2 rings (SSSR count). The second-order valence-electron chi connectivity index (χ2n) is 4.24. The third-order valence-electron chi connectivity index (χ3n) is 3.07. The molecular weight excluding hydrogens is 210 g/mol. The van der Waals surface area contributed by atoms with Crippen LogP contribution in [0, 0.1) is 0 Å². The maximum Gasteiger partial charge on any atom is 0.371 e. The van der Waals surface area contributed by atoms with Crippen LogP contribution >= 0.6 is 0 Å². The average molecular weight is 225 g/mol. The van der Waals surface area contributed by atoms with Crippen LogP contribution in [0.15, 0.2) is 16.5 Å². The zero-order valence-electron chi connectivity index (χ0n) is 8.90. The molecule has 0 atom stereocenters. The number of hydrogen-bond acceptors (Lipinski definition) is 4. The molecule has 1 fully saturated rings. The van der Waals surface area contributed by atoms with E-state index in [4.69, 9.17) is 9.52 Å². The van der Waals surface area contributed by atoms with Crippen molar-refractivity contribution in [3.63, 3.8) is 0 Å². The summed E-state index contributed by atoms with van der Waals surface area (Å²) < 4.78 is 5.11. The Hall–Kier alpha value is -1.49. The first kappa shape index (κ1) is 11.0. The van der Waals surface area contributed by atoms with Crippen molar-refractivity contribution in [2.45, 2.75) is 31.2 Å². The Balaban J connectivity index is 2.10. The maximum atomic E-state index is 10.6. The van der Waals surface area contributed by atoms with E-state index in [0.717, 1.165) is 25.7 Å². The minimum absolute atomic E-state index is 0.0378. The molecule has 1 heterocycles. The van der Waals surface area contributed by atoms with Crippen LogP contribution in [0.3, 0.4) is 0 Å². The highest BCUT2D eigenvalue weighted by atomic mass is 16.4. The fraction of sp³-hybridized carbons (Fsp3) is 0.545. The van der Waals surface area contributed by atoms with Gasteiger partial charge in [0.1, 0.15) is 0 Å². The lowest BCUT2D eigenvalue weighted by Crippen LogP contribution is -2.38. The number of hydrogen-bond donors (Lipinski definition) is 3. The van der Waals surface area contributed by atoms with Crippen molar-refractivity contribution in [1.82, 2.24) is 0 Å². The first-order valence-electron chi connectivity index (χ1n) is 5.37. The van der Waals surface area contributed by atoms with E-state index in [-0.39, 0.29) is 17.9 Å². The number of aliphatic hydroxyl groups is 1. The Labute approximate surface area is 93.1 Å². The van der Waals surface area contributed by atoms with E-state index in [2.05, 4.69) is 5.32 Å². The molecule has 1 saturated carbocycles. The second-order valence-corrected chi connectivity index (χ2v) is 4.24. The number of carbonyl (C=O) groups is 1. The van der Waals surface area contributed by atoms with Crippen LogP contribution in [-0.2, 0) is 0 Å². The fourth-order valence-corrected chi connectivity index (χ4v) is 2.16. The summed E-state index contributed by atoms with van der Waals surface area (Å²) in [7, 11) is 0. The lowest BCUT2D eigenvalue weighted by molar-refractivity contribution is 0.0663. The summed E-state index contributed by atoms with van der Waals surface area (Å²) in [6.45, 7) is 0.0378. The van der Waals surface area contributed by atoms with E-state index in [9.17, 15) is 9.90 Å². The first-order valence-corrected chi connectivity index (χ1v) is 5.37. The van der Waals surface area contributed by atoms with Gasteiger partial charge in [0.25, 0.3) is 0 Å². The quantitative estimate of drug-likeness (QED) is 0.726. The lowest BCUT2D eigenvalue weighted by atomic mass is 9.99. The highest BCUT2D eigenvalue weighted by Crippen LogP contribution is 2.33. The molecule has 0 unspecified atom stereocenters. The van der Waals surface area contributed by atoms with Gasteiger partial charge in [-0.15, -0.1) is 0 Å². The van der Waals surface area contributed by atoms with E-state index in [1.165, 1.54) is 6.07 Å².